The normalized spacial score (nSPS) is 21.8. The van der Waals surface area contributed by atoms with Crippen molar-refractivity contribution in [2.75, 3.05) is 0 Å². The van der Waals surface area contributed by atoms with Crippen LogP contribution < -0.4 is 0 Å². The van der Waals surface area contributed by atoms with Gasteiger partial charge in [-0.1, -0.05) is 46.3 Å². The van der Waals surface area contributed by atoms with Gasteiger partial charge in [0, 0.05) is 0 Å². The summed E-state index contributed by atoms with van der Waals surface area (Å²) in [5, 5.41) is 0. The molecule has 0 saturated heterocycles. The molecule has 1 atom stereocenters. The van der Waals surface area contributed by atoms with Gasteiger partial charge in [-0.25, -0.2) is 0 Å². The van der Waals surface area contributed by atoms with Crippen LogP contribution in [0.15, 0.2) is 30.3 Å². The van der Waals surface area contributed by atoms with Crippen LogP contribution in [-0.2, 0) is 4.32 Å². The summed E-state index contributed by atoms with van der Waals surface area (Å²) in [7, 11) is 0. The van der Waals surface area contributed by atoms with Crippen LogP contribution in [0.4, 0.5) is 0 Å². The van der Waals surface area contributed by atoms with E-state index in [9.17, 15) is 0 Å². The monoisotopic (exact) mass is 224 g/mol. The maximum Gasteiger partial charge on any atom is 0.0505 e. The molecule has 0 bridgehead atoms. The Labute approximate surface area is 82.1 Å². The van der Waals surface area contributed by atoms with Crippen LogP contribution in [0, 0.1) is 5.92 Å². The Morgan fingerprint density at radius 3 is 2.33 bits per heavy atom. The maximum atomic E-state index is 3.82. The van der Waals surface area contributed by atoms with E-state index < -0.39 is 0 Å². The fourth-order valence-corrected chi connectivity index (χ4v) is 2.35. The number of rotatable bonds is 2. The molecule has 12 heavy (non-hydrogen) atoms. The predicted molar refractivity (Wildman–Crippen MR) is 55.4 cm³/mol. The lowest BCUT2D eigenvalue weighted by Crippen LogP contribution is -2.15. The molecule has 0 spiro atoms. The van der Waals surface area contributed by atoms with Crippen molar-refractivity contribution in [3.8, 4) is 0 Å². The first kappa shape index (κ1) is 8.31. The summed E-state index contributed by atoms with van der Waals surface area (Å²) in [5.74, 6) is 0.847. The van der Waals surface area contributed by atoms with Crippen LogP contribution in [0.3, 0.4) is 0 Å². The van der Waals surface area contributed by atoms with E-state index in [1.165, 1.54) is 18.4 Å². The highest BCUT2D eigenvalue weighted by Gasteiger charge is 2.40. The Bertz CT molecular complexity index is 260. The third kappa shape index (κ3) is 1.42. The summed E-state index contributed by atoms with van der Waals surface area (Å²) in [5.41, 5.74) is 1.41. The van der Waals surface area contributed by atoms with Gasteiger partial charge in [0.05, 0.1) is 4.32 Å². The summed E-state index contributed by atoms with van der Waals surface area (Å²) in [6.07, 6.45) is 2.74. The van der Waals surface area contributed by atoms with Gasteiger partial charge in [-0.3, -0.25) is 0 Å². The van der Waals surface area contributed by atoms with E-state index >= 15 is 0 Å². The van der Waals surface area contributed by atoms with Crippen LogP contribution >= 0.6 is 15.9 Å². The SMILES string of the molecule is CC(Br)(c1ccccc1)C1CC1. The first-order valence-corrected chi connectivity index (χ1v) is 5.25. The molecule has 1 aliphatic rings. The fraction of sp³-hybridized carbons (Fsp3) is 0.455. The molecule has 0 aliphatic heterocycles. The first-order valence-electron chi connectivity index (χ1n) is 4.45. The molecule has 1 unspecified atom stereocenters. The second-order valence-electron chi connectivity index (χ2n) is 3.72. The molecule has 0 radical (unpaired) electrons. The van der Waals surface area contributed by atoms with Gasteiger partial charge < -0.3 is 0 Å². The van der Waals surface area contributed by atoms with E-state index in [0.717, 1.165) is 5.92 Å². The molecule has 1 fully saturated rings. The molecule has 64 valence electrons. The van der Waals surface area contributed by atoms with Crippen LogP contribution in [-0.4, -0.2) is 0 Å². The number of hydrogen-bond donors (Lipinski definition) is 0. The molecule has 1 aliphatic carbocycles. The summed E-state index contributed by atoms with van der Waals surface area (Å²) in [6.45, 7) is 2.28. The second-order valence-corrected chi connectivity index (χ2v) is 5.36. The summed E-state index contributed by atoms with van der Waals surface area (Å²) < 4.78 is 0.217. The lowest BCUT2D eigenvalue weighted by atomic mass is 9.96. The van der Waals surface area contributed by atoms with E-state index in [0.29, 0.717) is 0 Å². The van der Waals surface area contributed by atoms with Crippen molar-refractivity contribution in [1.29, 1.82) is 0 Å². The van der Waals surface area contributed by atoms with Gasteiger partial charge in [0.25, 0.3) is 0 Å². The zero-order valence-corrected chi connectivity index (χ0v) is 8.84. The second kappa shape index (κ2) is 2.88. The average molecular weight is 225 g/mol. The lowest BCUT2D eigenvalue weighted by molar-refractivity contribution is 0.615. The van der Waals surface area contributed by atoms with Gasteiger partial charge >= 0.3 is 0 Å². The van der Waals surface area contributed by atoms with Crippen LogP contribution in [0.1, 0.15) is 25.3 Å². The molecule has 0 amide bonds. The molecule has 1 aromatic rings. The van der Waals surface area contributed by atoms with Crippen LogP contribution in [0.25, 0.3) is 0 Å². The molecule has 0 aromatic heterocycles. The van der Waals surface area contributed by atoms with Crippen molar-refractivity contribution in [1.82, 2.24) is 0 Å². The topological polar surface area (TPSA) is 0 Å². The van der Waals surface area contributed by atoms with E-state index in [1.807, 2.05) is 0 Å². The van der Waals surface area contributed by atoms with Crippen molar-refractivity contribution in [3.63, 3.8) is 0 Å². The Hall–Kier alpha value is -0.300. The Morgan fingerprint density at radius 2 is 1.83 bits per heavy atom. The standard InChI is InChI=1S/C11H13Br/c1-11(12,10-7-8-10)9-5-3-2-4-6-9/h2-6,10H,7-8H2,1H3. The molecular formula is C11H13Br. The van der Waals surface area contributed by atoms with Crippen LogP contribution in [0.5, 0.6) is 0 Å². The van der Waals surface area contributed by atoms with E-state index in [2.05, 4.69) is 53.2 Å². The van der Waals surface area contributed by atoms with Gasteiger partial charge in [0.15, 0.2) is 0 Å². The summed E-state index contributed by atoms with van der Waals surface area (Å²) in [4.78, 5) is 0. The summed E-state index contributed by atoms with van der Waals surface area (Å²) >= 11 is 3.82. The minimum Gasteiger partial charge on any atom is -0.0801 e. The molecule has 1 saturated carbocycles. The minimum atomic E-state index is 0.217. The molecular weight excluding hydrogens is 212 g/mol. The van der Waals surface area contributed by atoms with Crippen molar-refractivity contribution < 1.29 is 0 Å². The van der Waals surface area contributed by atoms with Crippen molar-refractivity contribution in [2.45, 2.75) is 24.1 Å². The largest absolute Gasteiger partial charge is 0.0801 e. The maximum absolute atomic E-state index is 3.82. The molecule has 1 aromatic carbocycles. The van der Waals surface area contributed by atoms with Gasteiger partial charge in [0.1, 0.15) is 0 Å². The Kier molecular flexibility index (Phi) is 1.99. The number of halogens is 1. The van der Waals surface area contributed by atoms with E-state index in [4.69, 9.17) is 0 Å². The van der Waals surface area contributed by atoms with Crippen LogP contribution in [0.2, 0.25) is 0 Å². The van der Waals surface area contributed by atoms with Gasteiger partial charge in [-0.2, -0.15) is 0 Å². The molecule has 1 heteroatoms. The van der Waals surface area contributed by atoms with Gasteiger partial charge in [-0.15, -0.1) is 0 Å². The summed E-state index contributed by atoms with van der Waals surface area (Å²) in [6, 6.07) is 10.7. The minimum absolute atomic E-state index is 0.217. The quantitative estimate of drug-likeness (QED) is 0.673. The highest BCUT2D eigenvalue weighted by Crippen LogP contribution is 2.51. The van der Waals surface area contributed by atoms with Crippen molar-refractivity contribution in [3.05, 3.63) is 35.9 Å². The fourth-order valence-electron chi connectivity index (χ4n) is 1.63. The zero-order chi connectivity index (χ0) is 8.60. The predicted octanol–water partition coefficient (Wildman–Crippen LogP) is 3.71. The lowest BCUT2D eigenvalue weighted by Gasteiger charge is -2.22. The van der Waals surface area contributed by atoms with Crippen molar-refractivity contribution in [2.24, 2.45) is 5.92 Å². The van der Waals surface area contributed by atoms with E-state index in [-0.39, 0.29) is 4.32 Å². The Morgan fingerprint density at radius 1 is 1.25 bits per heavy atom. The smallest absolute Gasteiger partial charge is 0.0505 e. The van der Waals surface area contributed by atoms with Gasteiger partial charge in [-0.05, 0) is 31.2 Å². The number of hydrogen-bond acceptors (Lipinski definition) is 0. The highest BCUT2D eigenvalue weighted by molar-refractivity contribution is 9.09. The molecule has 2 rings (SSSR count). The molecule has 0 nitrogen and oxygen atoms in total. The highest BCUT2D eigenvalue weighted by atomic mass is 79.9. The molecule has 0 heterocycles. The Balaban J connectivity index is 2.28. The zero-order valence-electron chi connectivity index (χ0n) is 7.26. The third-order valence-corrected chi connectivity index (χ3v) is 3.79. The van der Waals surface area contributed by atoms with Gasteiger partial charge in [0.2, 0.25) is 0 Å². The number of alkyl halides is 1. The number of benzene rings is 1. The van der Waals surface area contributed by atoms with E-state index in [1.54, 1.807) is 0 Å². The molecule has 0 N–H and O–H groups in total. The first-order chi connectivity index (χ1) is 5.71. The van der Waals surface area contributed by atoms with Crippen molar-refractivity contribution >= 4 is 15.9 Å². The average Bonchev–Trinajstić information content (AvgIpc) is 2.88. The third-order valence-electron chi connectivity index (χ3n) is 2.68.